The number of rotatable bonds is 7. The predicted octanol–water partition coefficient (Wildman–Crippen LogP) is 5.59. The molecule has 1 aliphatic rings. The quantitative estimate of drug-likeness (QED) is 0.471. The van der Waals surface area contributed by atoms with Gasteiger partial charge in [-0.2, -0.15) is 0 Å². The van der Waals surface area contributed by atoms with Crippen LogP contribution in [0.5, 0.6) is 0 Å². The van der Waals surface area contributed by atoms with Crippen LogP contribution in [0.3, 0.4) is 0 Å². The van der Waals surface area contributed by atoms with E-state index in [0.29, 0.717) is 22.6 Å². The minimum atomic E-state index is -1.31. The maximum atomic E-state index is 14.4. The van der Waals surface area contributed by atoms with E-state index in [1.807, 2.05) is 0 Å². The molecule has 2 aromatic carbocycles. The molecule has 5 nitrogen and oxygen atoms in total. The summed E-state index contributed by atoms with van der Waals surface area (Å²) in [6, 6.07) is 9.61. The summed E-state index contributed by atoms with van der Waals surface area (Å²) in [7, 11) is 0. The molecule has 3 aromatic rings. The lowest BCUT2D eigenvalue weighted by molar-refractivity contribution is 0.0694. The first-order chi connectivity index (χ1) is 15.9. The summed E-state index contributed by atoms with van der Waals surface area (Å²) in [5.41, 5.74) is 0.701. The van der Waals surface area contributed by atoms with E-state index in [-0.39, 0.29) is 35.0 Å². The van der Waals surface area contributed by atoms with Crippen LogP contribution in [-0.2, 0) is 6.42 Å². The molecule has 0 spiro atoms. The number of aromatic carboxylic acids is 1. The molecule has 0 unspecified atom stereocenters. The maximum absolute atomic E-state index is 14.4. The zero-order chi connectivity index (χ0) is 23.5. The van der Waals surface area contributed by atoms with Crippen molar-refractivity contribution in [2.75, 3.05) is 6.61 Å². The molecule has 1 atom stereocenters. The van der Waals surface area contributed by atoms with Gasteiger partial charge in [-0.05, 0) is 41.7 Å². The number of hydrogen-bond acceptors (Lipinski definition) is 3. The number of fused-ring (bicyclic) bond motifs is 1. The summed E-state index contributed by atoms with van der Waals surface area (Å²) < 4.78 is 16.1. The Morgan fingerprint density at radius 3 is 2.64 bits per heavy atom. The van der Waals surface area contributed by atoms with E-state index >= 15 is 0 Å². The van der Waals surface area contributed by atoms with Crippen LogP contribution in [0.2, 0.25) is 5.02 Å². The molecule has 7 heteroatoms. The van der Waals surface area contributed by atoms with Gasteiger partial charge in [0.2, 0.25) is 5.43 Å². The maximum Gasteiger partial charge on any atom is 0.341 e. The zero-order valence-corrected chi connectivity index (χ0v) is 19.0. The first-order valence-corrected chi connectivity index (χ1v) is 11.7. The van der Waals surface area contributed by atoms with E-state index in [9.17, 15) is 24.2 Å². The molecule has 1 saturated carbocycles. The molecule has 1 aromatic heterocycles. The molecule has 1 fully saturated rings. The number of aromatic nitrogens is 1. The van der Waals surface area contributed by atoms with E-state index in [0.717, 1.165) is 32.1 Å². The highest BCUT2D eigenvalue weighted by Gasteiger charge is 2.23. The minimum absolute atomic E-state index is 0.0253. The Kier molecular flexibility index (Phi) is 7.15. The van der Waals surface area contributed by atoms with Crippen LogP contribution in [0.4, 0.5) is 4.39 Å². The van der Waals surface area contributed by atoms with Crippen LogP contribution < -0.4 is 5.43 Å². The van der Waals surface area contributed by atoms with Gasteiger partial charge in [-0.1, -0.05) is 61.9 Å². The fourth-order valence-electron chi connectivity index (χ4n) is 4.96. The summed E-state index contributed by atoms with van der Waals surface area (Å²) >= 11 is 5.89. The topological polar surface area (TPSA) is 79.5 Å². The van der Waals surface area contributed by atoms with Gasteiger partial charge in [-0.3, -0.25) is 4.79 Å². The summed E-state index contributed by atoms with van der Waals surface area (Å²) in [4.78, 5) is 24.8. The van der Waals surface area contributed by atoms with Crippen LogP contribution in [0.25, 0.3) is 10.9 Å². The minimum Gasteiger partial charge on any atom is -0.477 e. The van der Waals surface area contributed by atoms with Crippen molar-refractivity contribution in [3.05, 3.63) is 80.3 Å². The Morgan fingerprint density at radius 2 is 1.94 bits per heavy atom. The van der Waals surface area contributed by atoms with Gasteiger partial charge < -0.3 is 14.8 Å². The Balaban J connectivity index is 1.78. The van der Waals surface area contributed by atoms with E-state index in [4.69, 9.17) is 11.6 Å². The predicted molar refractivity (Wildman–Crippen MR) is 127 cm³/mol. The van der Waals surface area contributed by atoms with Crippen LogP contribution in [0, 0.1) is 11.7 Å². The number of hydrogen-bond donors (Lipinski definition) is 2. The zero-order valence-electron chi connectivity index (χ0n) is 18.3. The second-order valence-corrected chi connectivity index (χ2v) is 9.31. The van der Waals surface area contributed by atoms with Crippen molar-refractivity contribution in [3.8, 4) is 0 Å². The SMILES string of the molecule is O=C(O)c1cn([C@@H](CO)CC2CCCCC2)c2ccc(Cc3cccc(Cl)c3F)cc2c1=O. The normalized spacial score (nSPS) is 15.6. The number of pyridine rings is 1. The number of carbonyl (C=O) groups is 1. The Labute approximate surface area is 196 Å². The van der Waals surface area contributed by atoms with Gasteiger partial charge in [0.05, 0.1) is 23.2 Å². The molecular weight excluding hydrogens is 445 g/mol. The fourth-order valence-corrected chi connectivity index (χ4v) is 5.15. The first-order valence-electron chi connectivity index (χ1n) is 11.3. The van der Waals surface area contributed by atoms with Gasteiger partial charge in [0, 0.05) is 18.0 Å². The van der Waals surface area contributed by atoms with Crippen LogP contribution in [0.15, 0.2) is 47.4 Å². The van der Waals surface area contributed by atoms with Crippen molar-refractivity contribution in [2.24, 2.45) is 5.92 Å². The fraction of sp³-hybridized carbons (Fsp3) is 0.385. The number of nitrogens with zero attached hydrogens (tertiary/aromatic N) is 1. The molecule has 0 bridgehead atoms. The molecule has 1 heterocycles. The third kappa shape index (κ3) is 4.97. The molecule has 0 radical (unpaired) electrons. The van der Waals surface area contributed by atoms with Gasteiger partial charge in [0.25, 0.3) is 0 Å². The van der Waals surface area contributed by atoms with Crippen molar-refractivity contribution in [1.82, 2.24) is 4.57 Å². The molecule has 1 aliphatic carbocycles. The molecule has 174 valence electrons. The average molecular weight is 472 g/mol. The molecule has 0 amide bonds. The van der Waals surface area contributed by atoms with Gasteiger partial charge in [0.15, 0.2) is 0 Å². The average Bonchev–Trinajstić information content (AvgIpc) is 2.81. The number of benzene rings is 2. The van der Waals surface area contributed by atoms with E-state index in [1.54, 1.807) is 34.9 Å². The molecular formula is C26H27ClFNO4. The number of aliphatic hydroxyl groups excluding tert-OH is 1. The highest BCUT2D eigenvalue weighted by Crippen LogP contribution is 2.32. The second-order valence-electron chi connectivity index (χ2n) is 8.90. The lowest BCUT2D eigenvalue weighted by atomic mass is 9.84. The number of carboxylic acids is 1. The van der Waals surface area contributed by atoms with Crippen molar-refractivity contribution in [2.45, 2.75) is 51.0 Å². The van der Waals surface area contributed by atoms with Gasteiger partial charge in [-0.15, -0.1) is 0 Å². The number of carboxylic acid groups (broad SMARTS) is 1. The third-order valence-corrected chi connectivity index (χ3v) is 6.98. The lowest BCUT2D eigenvalue weighted by Gasteiger charge is -2.28. The van der Waals surface area contributed by atoms with E-state index < -0.39 is 17.2 Å². The largest absolute Gasteiger partial charge is 0.477 e. The molecule has 4 rings (SSSR count). The summed E-state index contributed by atoms with van der Waals surface area (Å²) in [5.74, 6) is -1.36. The lowest BCUT2D eigenvalue weighted by Crippen LogP contribution is -2.24. The van der Waals surface area contributed by atoms with Gasteiger partial charge >= 0.3 is 5.97 Å². The molecule has 33 heavy (non-hydrogen) atoms. The van der Waals surface area contributed by atoms with Crippen molar-refractivity contribution < 1.29 is 19.4 Å². The third-order valence-electron chi connectivity index (χ3n) is 6.69. The summed E-state index contributed by atoms with van der Waals surface area (Å²) in [5, 5.41) is 20.1. The number of halogens is 2. The van der Waals surface area contributed by atoms with Crippen molar-refractivity contribution in [3.63, 3.8) is 0 Å². The van der Waals surface area contributed by atoms with Crippen molar-refractivity contribution >= 4 is 28.5 Å². The molecule has 2 N–H and O–H groups in total. The Morgan fingerprint density at radius 1 is 1.18 bits per heavy atom. The van der Waals surface area contributed by atoms with Crippen LogP contribution in [-0.4, -0.2) is 27.4 Å². The Hall–Kier alpha value is -2.70. The van der Waals surface area contributed by atoms with E-state index in [1.165, 1.54) is 18.7 Å². The Bertz CT molecular complexity index is 1230. The van der Waals surface area contributed by atoms with Crippen LogP contribution in [0.1, 0.15) is 66.1 Å². The van der Waals surface area contributed by atoms with Gasteiger partial charge in [-0.25, -0.2) is 9.18 Å². The van der Waals surface area contributed by atoms with E-state index in [2.05, 4.69) is 0 Å². The highest BCUT2D eigenvalue weighted by molar-refractivity contribution is 6.30. The molecule has 0 saturated heterocycles. The van der Waals surface area contributed by atoms with Crippen LogP contribution >= 0.6 is 11.6 Å². The summed E-state index contributed by atoms with van der Waals surface area (Å²) in [6.45, 7) is -0.150. The number of aliphatic hydroxyl groups is 1. The smallest absolute Gasteiger partial charge is 0.341 e. The first kappa shape index (κ1) is 23.5. The monoisotopic (exact) mass is 471 g/mol. The highest BCUT2D eigenvalue weighted by atomic mass is 35.5. The van der Waals surface area contributed by atoms with Gasteiger partial charge in [0.1, 0.15) is 11.4 Å². The summed E-state index contributed by atoms with van der Waals surface area (Å²) in [6.07, 6.45) is 8.03. The van der Waals surface area contributed by atoms with Crippen molar-refractivity contribution in [1.29, 1.82) is 0 Å². The standard InChI is InChI=1S/C26H27ClFNO4/c27-22-8-4-7-18(24(22)28)11-17-9-10-23-20(13-17)25(31)21(26(32)33)14-29(23)19(15-30)12-16-5-2-1-3-6-16/h4,7-10,13-14,16,19,30H,1-3,5-6,11-12,15H2,(H,32,33)/t19-/m1/s1. The molecule has 0 aliphatic heterocycles. The second kappa shape index (κ2) is 10.1.